The number of hydrogen-bond acceptors (Lipinski definition) is 8. The van der Waals surface area contributed by atoms with Crippen molar-refractivity contribution in [1.82, 2.24) is 20.3 Å². The number of aromatic nitrogens is 3. The molecule has 1 saturated carbocycles. The molecular formula is C23H30F3N7O2. The fourth-order valence-electron chi connectivity index (χ4n) is 4.64. The van der Waals surface area contributed by atoms with Gasteiger partial charge in [0.2, 0.25) is 11.9 Å². The van der Waals surface area contributed by atoms with Crippen molar-refractivity contribution in [3.8, 4) is 0 Å². The number of halogens is 3. The molecule has 3 heterocycles. The van der Waals surface area contributed by atoms with Gasteiger partial charge in [-0.3, -0.25) is 9.78 Å². The van der Waals surface area contributed by atoms with Gasteiger partial charge in [0.05, 0.1) is 18.2 Å². The van der Waals surface area contributed by atoms with Crippen LogP contribution in [0.2, 0.25) is 0 Å². The summed E-state index contributed by atoms with van der Waals surface area (Å²) in [4.78, 5) is 26.8. The molecule has 2 aromatic heterocycles. The lowest BCUT2D eigenvalue weighted by Crippen LogP contribution is -2.53. The molecule has 1 amide bonds. The van der Waals surface area contributed by atoms with Crippen molar-refractivity contribution in [1.29, 1.82) is 0 Å². The Labute approximate surface area is 201 Å². The third-order valence-electron chi connectivity index (χ3n) is 6.47. The Morgan fingerprint density at radius 2 is 1.97 bits per heavy atom. The van der Waals surface area contributed by atoms with Crippen LogP contribution in [0.5, 0.6) is 0 Å². The highest BCUT2D eigenvalue weighted by Crippen LogP contribution is 2.36. The number of aliphatic hydroxyl groups excluding tert-OH is 1. The Bertz CT molecular complexity index is 1070. The Hall–Kier alpha value is -3.15. The van der Waals surface area contributed by atoms with Gasteiger partial charge in [-0.15, -0.1) is 0 Å². The van der Waals surface area contributed by atoms with Gasteiger partial charge in [-0.25, -0.2) is 4.98 Å². The SMILES string of the molecule is Cc1nc(N[C@H]2C[C@@H](NC(=O)Cc3ccc(C(F)(F)F)nc3)C2)nc2c1NC(O)[C@H](C(C)C)N2C. The number of pyridine rings is 1. The van der Waals surface area contributed by atoms with Crippen LogP contribution in [0.4, 0.5) is 30.6 Å². The molecule has 1 unspecified atom stereocenters. The first-order valence-corrected chi connectivity index (χ1v) is 11.6. The van der Waals surface area contributed by atoms with Crippen LogP contribution in [0.25, 0.3) is 0 Å². The highest BCUT2D eigenvalue weighted by atomic mass is 19.4. The van der Waals surface area contributed by atoms with E-state index in [0.29, 0.717) is 30.0 Å². The molecule has 4 N–H and O–H groups in total. The maximum Gasteiger partial charge on any atom is 0.433 e. The number of hydrogen-bond donors (Lipinski definition) is 4. The van der Waals surface area contributed by atoms with E-state index in [0.717, 1.165) is 23.8 Å². The minimum Gasteiger partial charge on any atom is -0.372 e. The number of aliphatic hydroxyl groups is 1. The second-order valence-electron chi connectivity index (χ2n) is 9.57. The molecule has 1 aliphatic carbocycles. The Morgan fingerprint density at radius 3 is 2.57 bits per heavy atom. The number of rotatable bonds is 6. The fraction of sp³-hybridized carbons (Fsp3) is 0.565. The lowest BCUT2D eigenvalue weighted by Gasteiger charge is -2.42. The van der Waals surface area contributed by atoms with Gasteiger partial charge in [-0.1, -0.05) is 19.9 Å². The van der Waals surface area contributed by atoms with Crippen LogP contribution in [-0.4, -0.2) is 57.4 Å². The molecular weight excluding hydrogens is 463 g/mol. The summed E-state index contributed by atoms with van der Waals surface area (Å²) in [6.07, 6.45) is -2.82. The van der Waals surface area contributed by atoms with E-state index in [9.17, 15) is 23.1 Å². The largest absolute Gasteiger partial charge is 0.433 e. The first-order valence-electron chi connectivity index (χ1n) is 11.6. The molecule has 1 aliphatic heterocycles. The van der Waals surface area contributed by atoms with E-state index in [1.807, 2.05) is 32.7 Å². The molecule has 190 valence electrons. The zero-order valence-corrected chi connectivity index (χ0v) is 20.0. The van der Waals surface area contributed by atoms with Crippen LogP contribution in [0.15, 0.2) is 18.3 Å². The first-order chi connectivity index (χ1) is 16.4. The van der Waals surface area contributed by atoms with E-state index in [1.165, 1.54) is 6.07 Å². The minimum atomic E-state index is -4.50. The molecule has 0 spiro atoms. The predicted molar refractivity (Wildman–Crippen MR) is 125 cm³/mol. The smallest absolute Gasteiger partial charge is 0.372 e. The number of carbonyl (C=O) groups is 1. The summed E-state index contributed by atoms with van der Waals surface area (Å²) in [5.41, 5.74) is 0.871. The average molecular weight is 494 g/mol. The molecule has 12 heteroatoms. The summed E-state index contributed by atoms with van der Waals surface area (Å²) in [7, 11) is 1.91. The van der Waals surface area contributed by atoms with Crippen LogP contribution < -0.4 is 20.9 Å². The van der Waals surface area contributed by atoms with Crippen LogP contribution >= 0.6 is 0 Å². The van der Waals surface area contributed by atoms with E-state index in [2.05, 4.69) is 30.9 Å². The van der Waals surface area contributed by atoms with Crippen molar-refractivity contribution in [2.75, 3.05) is 22.6 Å². The first kappa shape index (κ1) is 25.0. The summed E-state index contributed by atoms with van der Waals surface area (Å²) in [6.45, 7) is 5.94. The molecule has 0 bridgehead atoms. The monoisotopic (exact) mass is 493 g/mol. The van der Waals surface area contributed by atoms with Crippen molar-refractivity contribution in [3.05, 3.63) is 35.3 Å². The average Bonchev–Trinajstić information content (AvgIpc) is 2.72. The van der Waals surface area contributed by atoms with E-state index < -0.39 is 18.1 Å². The third kappa shape index (κ3) is 5.42. The van der Waals surface area contributed by atoms with Gasteiger partial charge >= 0.3 is 6.18 Å². The quantitative estimate of drug-likeness (QED) is 0.486. The van der Waals surface area contributed by atoms with Crippen LogP contribution in [0.1, 0.15) is 43.6 Å². The summed E-state index contributed by atoms with van der Waals surface area (Å²) in [5.74, 6) is 1.15. The molecule has 2 atom stereocenters. The van der Waals surface area contributed by atoms with Crippen LogP contribution in [-0.2, 0) is 17.4 Å². The molecule has 2 aromatic rings. The standard InChI is InChI=1S/C23H30F3N7O2/c1-11(2)19-21(35)31-18-12(3)28-22(32-20(18)33(19)4)30-15-8-14(9-15)29-17(34)7-13-5-6-16(27-10-13)23(24,25)26/h5-6,10-11,14-15,19,21,31,35H,7-9H2,1-4H3,(H,29,34)(H,28,30,32)/t14-,15+,19-,21?/m0/s1. The van der Waals surface area contributed by atoms with Gasteiger partial charge in [-0.2, -0.15) is 18.2 Å². The normalized spacial score (nSPS) is 23.9. The molecule has 4 rings (SSSR count). The summed E-state index contributed by atoms with van der Waals surface area (Å²) < 4.78 is 37.9. The zero-order valence-electron chi connectivity index (χ0n) is 20.0. The van der Waals surface area contributed by atoms with Gasteiger partial charge in [0, 0.05) is 25.3 Å². The lowest BCUT2D eigenvalue weighted by molar-refractivity contribution is -0.141. The third-order valence-corrected chi connectivity index (χ3v) is 6.47. The Kier molecular flexibility index (Phi) is 6.76. The van der Waals surface area contributed by atoms with E-state index in [4.69, 9.17) is 0 Å². The molecule has 0 radical (unpaired) electrons. The highest BCUT2D eigenvalue weighted by molar-refractivity contribution is 5.79. The summed E-state index contributed by atoms with van der Waals surface area (Å²) in [5, 5.41) is 19.8. The van der Waals surface area contributed by atoms with Crippen molar-refractivity contribution >= 4 is 23.4 Å². The second kappa shape index (κ2) is 9.48. The zero-order chi connectivity index (χ0) is 25.5. The van der Waals surface area contributed by atoms with Gasteiger partial charge in [0.1, 0.15) is 17.6 Å². The Morgan fingerprint density at radius 1 is 1.26 bits per heavy atom. The maximum atomic E-state index is 12.6. The van der Waals surface area contributed by atoms with Gasteiger partial charge < -0.3 is 26.0 Å². The van der Waals surface area contributed by atoms with Gasteiger partial charge in [-0.05, 0) is 37.3 Å². The summed E-state index contributed by atoms with van der Waals surface area (Å²) >= 11 is 0. The number of likely N-dealkylation sites (N-methyl/N-ethyl adjacent to an activating group) is 1. The number of carbonyl (C=O) groups excluding carboxylic acids is 1. The Balaban J connectivity index is 1.30. The van der Waals surface area contributed by atoms with Gasteiger partial charge in [0.15, 0.2) is 5.82 Å². The van der Waals surface area contributed by atoms with Crippen LogP contribution in [0, 0.1) is 12.8 Å². The molecule has 1 fully saturated rings. The van der Waals surface area contributed by atoms with Crippen molar-refractivity contribution < 1.29 is 23.1 Å². The molecule has 0 aromatic carbocycles. The van der Waals surface area contributed by atoms with Crippen molar-refractivity contribution in [2.45, 2.75) is 70.6 Å². The lowest BCUT2D eigenvalue weighted by atomic mass is 9.86. The number of amides is 1. The van der Waals surface area contributed by atoms with Crippen molar-refractivity contribution in [3.63, 3.8) is 0 Å². The summed E-state index contributed by atoms with van der Waals surface area (Å²) in [6, 6.07) is 2.06. The molecule has 0 saturated heterocycles. The van der Waals surface area contributed by atoms with E-state index in [-0.39, 0.29) is 36.4 Å². The van der Waals surface area contributed by atoms with E-state index in [1.54, 1.807) is 0 Å². The molecule has 9 nitrogen and oxygen atoms in total. The topological polar surface area (TPSA) is 115 Å². The van der Waals surface area contributed by atoms with Crippen molar-refractivity contribution in [2.24, 2.45) is 5.92 Å². The maximum absolute atomic E-state index is 12.6. The highest BCUT2D eigenvalue weighted by Gasteiger charge is 2.36. The molecule has 2 aliphatic rings. The number of nitrogens with one attached hydrogen (secondary N) is 3. The number of aryl methyl sites for hydroxylation is 1. The predicted octanol–water partition coefficient (Wildman–Crippen LogP) is 2.71. The number of nitrogens with zero attached hydrogens (tertiary/aromatic N) is 4. The number of anilines is 3. The fourth-order valence-corrected chi connectivity index (χ4v) is 4.64. The number of fused-ring (bicyclic) bond motifs is 1. The van der Waals surface area contributed by atoms with Crippen LogP contribution in [0.3, 0.4) is 0 Å². The second-order valence-corrected chi connectivity index (χ2v) is 9.57. The van der Waals surface area contributed by atoms with E-state index >= 15 is 0 Å². The van der Waals surface area contributed by atoms with Gasteiger partial charge in [0.25, 0.3) is 0 Å². The molecule has 35 heavy (non-hydrogen) atoms. The number of alkyl halides is 3. The minimum absolute atomic E-state index is 0.0327.